The molecule has 25 heavy (non-hydrogen) atoms. The molecule has 0 aliphatic carbocycles. The molecule has 3 rings (SSSR count). The van der Waals surface area contributed by atoms with Crippen LogP contribution < -0.4 is 10.1 Å². The number of hydrogen-bond donors (Lipinski definition) is 1. The molecule has 3 aromatic rings. The van der Waals surface area contributed by atoms with Crippen molar-refractivity contribution in [3.8, 4) is 17.1 Å². The smallest absolute Gasteiger partial charge is 0.255 e. The second kappa shape index (κ2) is 7.61. The molecule has 6 heteroatoms. The van der Waals surface area contributed by atoms with Crippen molar-refractivity contribution in [3.63, 3.8) is 0 Å². The number of ether oxygens (including phenoxy) is 1. The minimum absolute atomic E-state index is 0.227. The van der Waals surface area contributed by atoms with E-state index in [9.17, 15) is 4.79 Å². The lowest BCUT2D eigenvalue weighted by molar-refractivity contribution is 0.102. The van der Waals surface area contributed by atoms with Gasteiger partial charge >= 0.3 is 0 Å². The van der Waals surface area contributed by atoms with Crippen LogP contribution in [0.25, 0.3) is 11.4 Å². The molecule has 0 aliphatic rings. The first-order valence-corrected chi connectivity index (χ1v) is 8.11. The van der Waals surface area contributed by atoms with E-state index in [2.05, 4.69) is 15.5 Å². The molecule has 0 atom stereocenters. The zero-order valence-electron chi connectivity index (χ0n) is 14.2. The summed E-state index contributed by atoms with van der Waals surface area (Å²) >= 11 is 0. The summed E-state index contributed by atoms with van der Waals surface area (Å²) in [5.41, 5.74) is 1.87. The van der Waals surface area contributed by atoms with Crippen LogP contribution in [0.15, 0.2) is 53.1 Å². The number of nitrogens with one attached hydrogen (secondary N) is 1. The van der Waals surface area contributed by atoms with E-state index in [1.807, 2.05) is 37.3 Å². The summed E-state index contributed by atoms with van der Waals surface area (Å²) in [4.78, 5) is 16.8. The lowest BCUT2D eigenvalue weighted by Crippen LogP contribution is -2.13. The van der Waals surface area contributed by atoms with Gasteiger partial charge in [0.15, 0.2) is 0 Å². The Hall–Kier alpha value is -3.15. The Morgan fingerprint density at radius 1 is 1.20 bits per heavy atom. The topological polar surface area (TPSA) is 77.2 Å². The van der Waals surface area contributed by atoms with Crippen LogP contribution in [0.4, 0.5) is 5.69 Å². The van der Waals surface area contributed by atoms with Crippen molar-refractivity contribution in [2.75, 3.05) is 11.9 Å². The molecule has 1 N–H and O–H groups in total. The molecule has 0 saturated carbocycles. The van der Waals surface area contributed by atoms with Gasteiger partial charge in [0.1, 0.15) is 5.75 Å². The molecule has 0 aliphatic heterocycles. The Bertz CT molecular complexity index is 874. The van der Waals surface area contributed by atoms with E-state index in [4.69, 9.17) is 9.26 Å². The zero-order chi connectivity index (χ0) is 17.6. The first kappa shape index (κ1) is 16.7. The summed E-state index contributed by atoms with van der Waals surface area (Å²) < 4.78 is 10.7. The number of aromatic nitrogens is 2. The number of carbonyl (C=O) groups excluding carboxylic acids is 1. The largest absolute Gasteiger partial charge is 0.491 e. The number of hydrogen-bond acceptors (Lipinski definition) is 5. The summed E-state index contributed by atoms with van der Waals surface area (Å²) in [6.07, 6.45) is 0.897. The van der Waals surface area contributed by atoms with E-state index in [-0.39, 0.29) is 5.91 Å². The van der Waals surface area contributed by atoms with Crippen LogP contribution in [0, 0.1) is 6.92 Å². The van der Waals surface area contributed by atoms with Gasteiger partial charge in [0.2, 0.25) is 11.7 Å². The van der Waals surface area contributed by atoms with Gasteiger partial charge in [-0.3, -0.25) is 4.79 Å². The molecule has 2 aromatic carbocycles. The SMILES string of the molecule is CCCOc1ccccc1NC(=O)c1cccc(-c2noc(C)n2)c1. The van der Waals surface area contributed by atoms with Crippen molar-refractivity contribution in [2.24, 2.45) is 0 Å². The van der Waals surface area contributed by atoms with E-state index < -0.39 is 0 Å². The molecule has 0 bridgehead atoms. The van der Waals surface area contributed by atoms with Crippen LogP contribution in [0.1, 0.15) is 29.6 Å². The molecule has 1 aromatic heterocycles. The molecule has 0 fully saturated rings. The lowest BCUT2D eigenvalue weighted by Gasteiger charge is -2.12. The molecule has 1 amide bonds. The minimum Gasteiger partial charge on any atom is -0.491 e. The fourth-order valence-electron chi connectivity index (χ4n) is 2.32. The van der Waals surface area contributed by atoms with E-state index in [1.54, 1.807) is 25.1 Å². The van der Waals surface area contributed by atoms with E-state index in [1.165, 1.54) is 0 Å². The van der Waals surface area contributed by atoms with E-state index in [0.29, 0.717) is 35.3 Å². The average Bonchev–Trinajstić information content (AvgIpc) is 3.07. The summed E-state index contributed by atoms with van der Waals surface area (Å²) in [7, 11) is 0. The van der Waals surface area contributed by atoms with E-state index in [0.717, 1.165) is 12.0 Å². The Morgan fingerprint density at radius 3 is 2.80 bits per heavy atom. The third-order valence-electron chi connectivity index (χ3n) is 3.51. The van der Waals surface area contributed by atoms with Gasteiger partial charge in [-0.25, -0.2) is 0 Å². The van der Waals surface area contributed by atoms with Gasteiger partial charge < -0.3 is 14.6 Å². The van der Waals surface area contributed by atoms with Crippen molar-refractivity contribution in [1.29, 1.82) is 0 Å². The quantitative estimate of drug-likeness (QED) is 0.733. The number of anilines is 1. The second-order valence-corrected chi connectivity index (χ2v) is 5.52. The second-order valence-electron chi connectivity index (χ2n) is 5.52. The van der Waals surface area contributed by atoms with Crippen molar-refractivity contribution in [2.45, 2.75) is 20.3 Å². The maximum absolute atomic E-state index is 12.6. The standard InChI is InChI=1S/C19H19N3O3/c1-3-11-24-17-10-5-4-9-16(17)21-19(23)15-8-6-7-14(12-15)18-20-13(2)25-22-18/h4-10,12H,3,11H2,1-2H3,(H,21,23). The summed E-state index contributed by atoms with van der Waals surface area (Å²) in [6, 6.07) is 14.5. The van der Waals surface area contributed by atoms with Crippen LogP contribution in [0.5, 0.6) is 5.75 Å². The van der Waals surface area contributed by atoms with Gasteiger partial charge in [0.25, 0.3) is 5.91 Å². The summed E-state index contributed by atoms with van der Waals surface area (Å²) in [5, 5.41) is 6.77. The third kappa shape index (κ3) is 4.03. The monoisotopic (exact) mass is 337 g/mol. The number of carbonyl (C=O) groups is 1. The maximum Gasteiger partial charge on any atom is 0.255 e. The molecule has 128 valence electrons. The molecule has 0 spiro atoms. The van der Waals surface area contributed by atoms with Crippen LogP contribution in [0.3, 0.4) is 0 Å². The molecular weight excluding hydrogens is 318 g/mol. The fraction of sp³-hybridized carbons (Fsp3) is 0.211. The first-order valence-electron chi connectivity index (χ1n) is 8.11. The Kier molecular flexibility index (Phi) is 5.09. The van der Waals surface area contributed by atoms with Gasteiger partial charge in [0.05, 0.1) is 12.3 Å². The van der Waals surface area contributed by atoms with Gasteiger partial charge in [-0.05, 0) is 30.7 Å². The summed E-state index contributed by atoms with van der Waals surface area (Å²) in [5.74, 6) is 1.36. The van der Waals surface area contributed by atoms with Crippen LogP contribution in [-0.2, 0) is 0 Å². The lowest BCUT2D eigenvalue weighted by atomic mass is 10.1. The molecule has 0 unspecified atom stereocenters. The Balaban J connectivity index is 1.80. The van der Waals surface area contributed by atoms with Crippen molar-refractivity contribution in [3.05, 3.63) is 60.0 Å². The Labute approximate surface area is 145 Å². The molecule has 6 nitrogen and oxygen atoms in total. The molecular formula is C19H19N3O3. The number of rotatable bonds is 6. The van der Waals surface area contributed by atoms with Gasteiger partial charge in [-0.15, -0.1) is 0 Å². The predicted molar refractivity (Wildman–Crippen MR) is 94.7 cm³/mol. The zero-order valence-corrected chi connectivity index (χ0v) is 14.2. The van der Waals surface area contributed by atoms with Gasteiger partial charge in [-0.2, -0.15) is 4.98 Å². The number of benzene rings is 2. The van der Waals surface area contributed by atoms with E-state index >= 15 is 0 Å². The number of aryl methyl sites for hydroxylation is 1. The van der Waals surface area contributed by atoms with Crippen molar-refractivity contribution >= 4 is 11.6 Å². The average molecular weight is 337 g/mol. The van der Waals surface area contributed by atoms with Crippen molar-refractivity contribution < 1.29 is 14.1 Å². The molecule has 0 saturated heterocycles. The maximum atomic E-state index is 12.6. The Morgan fingerprint density at radius 2 is 2.04 bits per heavy atom. The number of amides is 1. The highest BCUT2D eigenvalue weighted by Crippen LogP contribution is 2.25. The highest BCUT2D eigenvalue weighted by atomic mass is 16.5. The molecule has 1 heterocycles. The number of nitrogens with zero attached hydrogens (tertiary/aromatic N) is 2. The third-order valence-corrected chi connectivity index (χ3v) is 3.51. The molecule has 0 radical (unpaired) electrons. The summed E-state index contributed by atoms with van der Waals surface area (Å²) in [6.45, 7) is 4.35. The van der Waals surface area contributed by atoms with Crippen LogP contribution in [0.2, 0.25) is 0 Å². The van der Waals surface area contributed by atoms with Crippen molar-refractivity contribution in [1.82, 2.24) is 10.1 Å². The normalized spacial score (nSPS) is 10.5. The number of para-hydroxylation sites is 2. The minimum atomic E-state index is -0.227. The van der Waals surface area contributed by atoms with Gasteiger partial charge in [0, 0.05) is 18.1 Å². The highest BCUT2D eigenvalue weighted by molar-refractivity contribution is 6.05. The first-order chi connectivity index (χ1) is 12.2. The van der Waals surface area contributed by atoms with Crippen LogP contribution in [-0.4, -0.2) is 22.7 Å². The van der Waals surface area contributed by atoms with Crippen LogP contribution >= 0.6 is 0 Å². The fourth-order valence-corrected chi connectivity index (χ4v) is 2.32. The predicted octanol–water partition coefficient (Wildman–Crippen LogP) is 4.09. The van der Waals surface area contributed by atoms with Gasteiger partial charge in [-0.1, -0.05) is 36.3 Å². The highest BCUT2D eigenvalue weighted by Gasteiger charge is 2.12.